The van der Waals surface area contributed by atoms with Crippen LogP contribution < -0.4 is 5.32 Å². The van der Waals surface area contributed by atoms with Crippen molar-refractivity contribution < 1.29 is 9.90 Å². The maximum Gasteiger partial charge on any atom is 0.244 e. The molecule has 1 aliphatic carbocycles. The number of halogens is 1. The molecule has 2 atom stereocenters. The average molecular weight is 280 g/mol. The summed E-state index contributed by atoms with van der Waals surface area (Å²) in [6, 6.07) is 7.43. The molecule has 2 rings (SSSR count). The molecule has 3 nitrogen and oxygen atoms in total. The highest BCUT2D eigenvalue weighted by molar-refractivity contribution is 6.30. The van der Waals surface area contributed by atoms with Gasteiger partial charge in [-0.3, -0.25) is 4.79 Å². The van der Waals surface area contributed by atoms with Crippen LogP contribution in [0.3, 0.4) is 0 Å². The number of aliphatic hydroxyl groups is 1. The topological polar surface area (TPSA) is 49.3 Å². The van der Waals surface area contributed by atoms with Crippen molar-refractivity contribution in [1.82, 2.24) is 5.32 Å². The van der Waals surface area contributed by atoms with Gasteiger partial charge in [-0.05, 0) is 36.6 Å². The first-order valence-electron chi connectivity index (χ1n) is 6.54. The Hall–Kier alpha value is -1.32. The van der Waals surface area contributed by atoms with Gasteiger partial charge in [0.1, 0.15) is 0 Å². The second-order valence-corrected chi connectivity index (χ2v) is 5.31. The van der Waals surface area contributed by atoms with E-state index >= 15 is 0 Å². The summed E-state index contributed by atoms with van der Waals surface area (Å²) in [5.41, 5.74) is 0.896. The lowest BCUT2D eigenvalue weighted by molar-refractivity contribution is -0.117. The molecule has 0 heterocycles. The molecule has 0 aromatic heterocycles. The van der Waals surface area contributed by atoms with Crippen LogP contribution in [0.25, 0.3) is 6.08 Å². The van der Waals surface area contributed by atoms with E-state index in [9.17, 15) is 9.90 Å². The first-order valence-corrected chi connectivity index (χ1v) is 6.92. The Kier molecular flexibility index (Phi) is 5.00. The monoisotopic (exact) mass is 279 g/mol. The number of carbonyl (C=O) groups is 1. The normalized spacial score (nSPS) is 22.8. The largest absolute Gasteiger partial charge is 0.396 e. The van der Waals surface area contributed by atoms with E-state index in [4.69, 9.17) is 11.6 Å². The van der Waals surface area contributed by atoms with Gasteiger partial charge in [-0.2, -0.15) is 0 Å². The average Bonchev–Trinajstić information content (AvgIpc) is 2.84. The van der Waals surface area contributed by atoms with Crippen LogP contribution in [0.5, 0.6) is 0 Å². The molecular formula is C15H18ClNO2. The minimum absolute atomic E-state index is 0.0986. The zero-order valence-corrected chi connectivity index (χ0v) is 11.4. The van der Waals surface area contributed by atoms with Crippen molar-refractivity contribution in [3.05, 3.63) is 40.9 Å². The fourth-order valence-corrected chi connectivity index (χ4v) is 2.66. The quantitative estimate of drug-likeness (QED) is 0.833. The van der Waals surface area contributed by atoms with E-state index in [0.29, 0.717) is 5.02 Å². The summed E-state index contributed by atoms with van der Waals surface area (Å²) in [5.74, 6) is 0.0776. The zero-order valence-electron chi connectivity index (χ0n) is 10.7. The van der Waals surface area contributed by atoms with Gasteiger partial charge < -0.3 is 10.4 Å². The zero-order chi connectivity index (χ0) is 13.7. The van der Waals surface area contributed by atoms with Crippen LogP contribution in [0.2, 0.25) is 5.02 Å². The van der Waals surface area contributed by atoms with Crippen molar-refractivity contribution in [2.45, 2.75) is 25.3 Å². The number of carbonyl (C=O) groups excluding carboxylic acids is 1. The van der Waals surface area contributed by atoms with E-state index in [0.717, 1.165) is 24.8 Å². The number of hydrogen-bond acceptors (Lipinski definition) is 2. The highest BCUT2D eigenvalue weighted by Gasteiger charge is 2.27. The van der Waals surface area contributed by atoms with Crippen LogP contribution in [-0.4, -0.2) is 23.7 Å². The smallest absolute Gasteiger partial charge is 0.244 e. The Labute approximate surface area is 118 Å². The number of nitrogens with one attached hydrogen (secondary N) is 1. The van der Waals surface area contributed by atoms with Gasteiger partial charge in [-0.1, -0.05) is 30.2 Å². The molecule has 4 heteroatoms. The molecule has 102 valence electrons. The van der Waals surface area contributed by atoms with Gasteiger partial charge in [-0.25, -0.2) is 0 Å². The van der Waals surface area contributed by atoms with Crippen LogP contribution >= 0.6 is 11.6 Å². The minimum Gasteiger partial charge on any atom is -0.396 e. The van der Waals surface area contributed by atoms with Gasteiger partial charge in [0, 0.05) is 29.7 Å². The number of aliphatic hydroxyl groups excluding tert-OH is 1. The number of benzene rings is 1. The Morgan fingerprint density at radius 2 is 2.32 bits per heavy atom. The molecule has 0 spiro atoms. The van der Waals surface area contributed by atoms with Gasteiger partial charge >= 0.3 is 0 Å². The summed E-state index contributed by atoms with van der Waals surface area (Å²) >= 11 is 5.87. The molecule has 1 aliphatic rings. The van der Waals surface area contributed by atoms with E-state index < -0.39 is 0 Å². The predicted molar refractivity (Wildman–Crippen MR) is 76.8 cm³/mol. The first kappa shape index (κ1) is 14.1. The lowest BCUT2D eigenvalue weighted by atomic mass is 10.1. The molecule has 0 bridgehead atoms. The lowest BCUT2D eigenvalue weighted by Gasteiger charge is -2.17. The molecule has 2 unspecified atom stereocenters. The maximum absolute atomic E-state index is 11.8. The summed E-state index contributed by atoms with van der Waals surface area (Å²) in [6.07, 6.45) is 6.25. The minimum atomic E-state index is -0.120. The molecule has 0 saturated heterocycles. The second-order valence-electron chi connectivity index (χ2n) is 4.88. The van der Waals surface area contributed by atoms with Crippen molar-refractivity contribution in [3.63, 3.8) is 0 Å². The Morgan fingerprint density at radius 3 is 3.05 bits per heavy atom. The van der Waals surface area contributed by atoms with Crippen LogP contribution in [0.15, 0.2) is 30.3 Å². The van der Waals surface area contributed by atoms with E-state index in [-0.39, 0.29) is 24.5 Å². The molecule has 1 aromatic carbocycles. The van der Waals surface area contributed by atoms with Crippen molar-refractivity contribution >= 4 is 23.6 Å². The van der Waals surface area contributed by atoms with Crippen LogP contribution in [0.1, 0.15) is 24.8 Å². The van der Waals surface area contributed by atoms with E-state index in [2.05, 4.69) is 5.32 Å². The summed E-state index contributed by atoms with van der Waals surface area (Å²) < 4.78 is 0. The van der Waals surface area contributed by atoms with Crippen molar-refractivity contribution in [2.75, 3.05) is 6.61 Å². The third-order valence-electron chi connectivity index (χ3n) is 3.50. The maximum atomic E-state index is 11.8. The highest BCUT2D eigenvalue weighted by atomic mass is 35.5. The molecule has 1 fully saturated rings. The fourth-order valence-electron chi connectivity index (χ4n) is 2.46. The SMILES string of the molecule is O=C(/C=C/c1cccc(Cl)c1)NC1CCCC1CO. The first-order chi connectivity index (χ1) is 9.19. The van der Waals surface area contributed by atoms with E-state index in [1.807, 2.05) is 12.1 Å². The Morgan fingerprint density at radius 1 is 1.47 bits per heavy atom. The number of rotatable bonds is 4. The molecule has 1 aromatic rings. The standard InChI is InChI=1S/C15H18ClNO2/c16-13-5-1-3-11(9-13)7-8-15(19)17-14-6-2-4-12(14)10-18/h1,3,5,7-9,12,14,18H,2,4,6,10H2,(H,17,19)/b8-7+. The summed E-state index contributed by atoms with van der Waals surface area (Å²) in [4.78, 5) is 11.8. The molecule has 19 heavy (non-hydrogen) atoms. The summed E-state index contributed by atoms with van der Waals surface area (Å²) in [5, 5.41) is 12.8. The Bertz CT molecular complexity index is 473. The third kappa shape index (κ3) is 4.08. The van der Waals surface area contributed by atoms with Crippen LogP contribution in [0.4, 0.5) is 0 Å². The highest BCUT2D eigenvalue weighted by Crippen LogP contribution is 2.24. The van der Waals surface area contributed by atoms with Crippen molar-refractivity contribution in [3.8, 4) is 0 Å². The number of amides is 1. The molecule has 0 radical (unpaired) electrons. The van der Waals surface area contributed by atoms with Gasteiger partial charge in [-0.15, -0.1) is 0 Å². The summed E-state index contributed by atoms with van der Waals surface area (Å²) in [6.45, 7) is 0.142. The summed E-state index contributed by atoms with van der Waals surface area (Å²) in [7, 11) is 0. The van der Waals surface area contributed by atoms with Crippen LogP contribution in [-0.2, 0) is 4.79 Å². The van der Waals surface area contributed by atoms with Gasteiger partial charge in [0.05, 0.1) is 0 Å². The van der Waals surface area contributed by atoms with Gasteiger partial charge in [0.15, 0.2) is 0 Å². The van der Waals surface area contributed by atoms with Crippen molar-refractivity contribution in [2.24, 2.45) is 5.92 Å². The molecule has 1 saturated carbocycles. The van der Waals surface area contributed by atoms with E-state index in [1.165, 1.54) is 6.08 Å². The lowest BCUT2D eigenvalue weighted by Crippen LogP contribution is -2.37. The fraction of sp³-hybridized carbons (Fsp3) is 0.400. The Balaban J connectivity index is 1.90. The number of hydrogen-bond donors (Lipinski definition) is 2. The van der Waals surface area contributed by atoms with Gasteiger partial charge in [0.25, 0.3) is 0 Å². The second kappa shape index (κ2) is 6.73. The third-order valence-corrected chi connectivity index (χ3v) is 3.73. The van der Waals surface area contributed by atoms with E-state index in [1.54, 1.807) is 18.2 Å². The molecular weight excluding hydrogens is 262 g/mol. The van der Waals surface area contributed by atoms with Crippen molar-refractivity contribution in [1.29, 1.82) is 0 Å². The molecule has 1 amide bonds. The molecule has 0 aliphatic heterocycles. The predicted octanol–water partition coefficient (Wildman–Crippen LogP) is 2.63. The van der Waals surface area contributed by atoms with Gasteiger partial charge in [0.2, 0.25) is 5.91 Å². The molecule has 2 N–H and O–H groups in total. The van der Waals surface area contributed by atoms with Crippen LogP contribution in [0, 0.1) is 5.92 Å².